The van der Waals surface area contributed by atoms with Gasteiger partial charge >= 0.3 is 6.03 Å². The lowest BCUT2D eigenvalue weighted by molar-refractivity contribution is 0.252. The molecule has 5 heteroatoms. The molecular weight excluding hydrogens is 247 g/mol. The first-order valence-electron chi connectivity index (χ1n) is 4.57. The maximum Gasteiger partial charge on any atom is 0.319 e. The van der Waals surface area contributed by atoms with Gasteiger partial charge in [-0.3, -0.25) is 0 Å². The molecule has 16 heavy (non-hydrogen) atoms. The Morgan fingerprint density at radius 1 is 1.44 bits per heavy atom. The smallest absolute Gasteiger partial charge is 0.319 e. The molecule has 0 bridgehead atoms. The van der Waals surface area contributed by atoms with Crippen molar-refractivity contribution in [2.75, 3.05) is 11.9 Å². The highest BCUT2D eigenvalue weighted by molar-refractivity contribution is 6.35. The van der Waals surface area contributed by atoms with Crippen LogP contribution in [-0.4, -0.2) is 12.6 Å². The molecule has 0 atom stereocenters. The first-order chi connectivity index (χ1) is 7.63. The third-order valence-electron chi connectivity index (χ3n) is 1.73. The Balaban J connectivity index is 2.56. The van der Waals surface area contributed by atoms with E-state index in [0.717, 1.165) is 0 Å². The topological polar surface area (TPSA) is 41.1 Å². The van der Waals surface area contributed by atoms with Gasteiger partial charge in [-0.2, -0.15) is 0 Å². The molecule has 0 aliphatic rings. The van der Waals surface area contributed by atoms with Gasteiger partial charge in [0.25, 0.3) is 0 Å². The highest BCUT2D eigenvalue weighted by atomic mass is 35.5. The second-order valence-electron chi connectivity index (χ2n) is 2.96. The van der Waals surface area contributed by atoms with Gasteiger partial charge in [-0.05, 0) is 18.2 Å². The van der Waals surface area contributed by atoms with E-state index in [9.17, 15) is 4.79 Å². The van der Waals surface area contributed by atoms with Gasteiger partial charge in [0.1, 0.15) is 0 Å². The summed E-state index contributed by atoms with van der Waals surface area (Å²) in [5, 5.41) is 6.09. The summed E-state index contributed by atoms with van der Waals surface area (Å²) < 4.78 is 0. The number of benzene rings is 1. The summed E-state index contributed by atoms with van der Waals surface area (Å²) in [7, 11) is 0. The van der Waals surface area contributed by atoms with Crippen LogP contribution < -0.4 is 10.6 Å². The molecule has 1 rings (SSSR count). The van der Waals surface area contributed by atoms with E-state index in [1.165, 1.54) is 0 Å². The summed E-state index contributed by atoms with van der Waals surface area (Å²) in [4.78, 5) is 11.4. The molecule has 0 saturated heterocycles. The van der Waals surface area contributed by atoms with Crippen LogP contribution in [0.2, 0.25) is 10.0 Å². The third-order valence-corrected chi connectivity index (χ3v) is 2.30. The fraction of sp³-hybridized carbons (Fsp3) is 0.182. The zero-order valence-electron chi connectivity index (χ0n) is 8.39. The summed E-state index contributed by atoms with van der Waals surface area (Å²) in [5.41, 5.74) is 0.465. The van der Waals surface area contributed by atoms with Crippen molar-refractivity contribution in [2.45, 2.75) is 6.42 Å². The van der Waals surface area contributed by atoms with Crippen molar-refractivity contribution in [3.05, 3.63) is 28.2 Å². The summed E-state index contributed by atoms with van der Waals surface area (Å²) in [6.45, 7) is 0.417. The number of carbonyl (C=O) groups excluding carboxylic acids is 1. The van der Waals surface area contributed by atoms with Crippen LogP contribution >= 0.6 is 23.2 Å². The summed E-state index contributed by atoms with van der Waals surface area (Å²) in [6.07, 6.45) is 5.53. The number of carbonyl (C=O) groups is 1. The van der Waals surface area contributed by atoms with Crippen molar-refractivity contribution in [1.29, 1.82) is 0 Å². The number of rotatable bonds is 3. The first kappa shape index (κ1) is 12.7. The van der Waals surface area contributed by atoms with E-state index in [0.29, 0.717) is 28.7 Å². The Hall–Kier alpha value is -1.37. The molecule has 1 aromatic carbocycles. The Bertz CT molecular complexity index is 426. The van der Waals surface area contributed by atoms with E-state index in [1.54, 1.807) is 18.2 Å². The Kier molecular flexibility index (Phi) is 4.97. The number of amides is 2. The van der Waals surface area contributed by atoms with E-state index in [-0.39, 0.29) is 6.03 Å². The number of hydrogen-bond acceptors (Lipinski definition) is 1. The van der Waals surface area contributed by atoms with Crippen LogP contribution in [0.25, 0.3) is 0 Å². The van der Waals surface area contributed by atoms with Crippen molar-refractivity contribution >= 4 is 34.9 Å². The maximum absolute atomic E-state index is 11.4. The molecule has 0 unspecified atom stereocenters. The minimum atomic E-state index is -0.362. The molecule has 3 nitrogen and oxygen atoms in total. The quantitative estimate of drug-likeness (QED) is 0.633. The standard InChI is InChI=1S/C11H10Cl2N2O/c1-2-3-6-14-11(16)15-10-7-8(12)4-5-9(10)13/h1,4-5,7H,3,6H2,(H2,14,15,16). The average Bonchev–Trinajstić information content (AvgIpc) is 2.24. The van der Waals surface area contributed by atoms with Crippen LogP contribution in [-0.2, 0) is 0 Å². The highest BCUT2D eigenvalue weighted by Crippen LogP contribution is 2.25. The van der Waals surface area contributed by atoms with Crippen molar-refractivity contribution in [3.63, 3.8) is 0 Å². The molecule has 0 fully saturated rings. The van der Waals surface area contributed by atoms with Crippen LogP contribution in [0.3, 0.4) is 0 Å². The van der Waals surface area contributed by atoms with Crippen LogP contribution in [0.5, 0.6) is 0 Å². The Morgan fingerprint density at radius 2 is 2.19 bits per heavy atom. The van der Waals surface area contributed by atoms with Gasteiger partial charge in [-0.1, -0.05) is 23.2 Å². The van der Waals surface area contributed by atoms with Crippen LogP contribution in [0, 0.1) is 12.3 Å². The number of halogens is 2. The zero-order valence-corrected chi connectivity index (χ0v) is 9.90. The van der Waals surface area contributed by atoms with E-state index in [2.05, 4.69) is 16.6 Å². The fourth-order valence-corrected chi connectivity index (χ4v) is 1.34. The fourth-order valence-electron chi connectivity index (χ4n) is 1.01. The SMILES string of the molecule is C#CCCNC(=O)Nc1cc(Cl)ccc1Cl. The normalized spacial score (nSPS) is 9.31. The van der Waals surface area contributed by atoms with Gasteiger partial charge in [0.05, 0.1) is 10.7 Å². The monoisotopic (exact) mass is 256 g/mol. The van der Waals surface area contributed by atoms with E-state index in [4.69, 9.17) is 29.6 Å². The van der Waals surface area contributed by atoms with Gasteiger partial charge < -0.3 is 10.6 Å². The summed E-state index contributed by atoms with van der Waals surface area (Å²) >= 11 is 11.6. The van der Waals surface area contributed by atoms with Crippen molar-refractivity contribution < 1.29 is 4.79 Å². The first-order valence-corrected chi connectivity index (χ1v) is 5.32. The van der Waals surface area contributed by atoms with Gasteiger partial charge in [-0.25, -0.2) is 4.79 Å². The molecule has 0 heterocycles. The van der Waals surface area contributed by atoms with Crippen LogP contribution in [0.4, 0.5) is 10.5 Å². The van der Waals surface area contributed by atoms with Gasteiger partial charge in [0, 0.05) is 18.0 Å². The van der Waals surface area contributed by atoms with Gasteiger partial charge in [-0.15, -0.1) is 12.3 Å². The van der Waals surface area contributed by atoms with E-state index >= 15 is 0 Å². The molecule has 0 radical (unpaired) electrons. The lowest BCUT2D eigenvalue weighted by atomic mass is 10.3. The molecule has 84 valence electrons. The van der Waals surface area contributed by atoms with Crippen molar-refractivity contribution in [2.24, 2.45) is 0 Å². The minimum absolute atomic E-state index is 0.362. The summed E-state index contributed by atoms with van der Waals surface area (Å²) in [5.74, 6) is 2.42. The van der Waals surface area contributed by atoms with Crippen LogP contribution in [0.15, 0.2) is 18.2 Å². The highest BCUT2D eigenvalue weighted by Gasteiger charge is 2.05. The minimum Gasteiger partial charge on any atom is -0.337 e. The van der Waals surface area contributed by atoms with E-state index < -0.39 is 0 Å². The second kappa shape index (κ2) is 6.26. The molecule has 1 aromatic rings. The molecule has 2 N–H and O–H groups in total. The third kappa shape index (κ3) is 4.01. The van der Waals surface area contributed by atoms with Crippen molar-refractivity contribution in [1.82, 2.24) is 5.32 Å². The molecule has 0 saturated carbocycles. The van der Waals surface area contributed by atoms with Crippen molar-refractivity contribution in [3.8, 4) is 12.3 Å². The van der Waals surface area contributed by atoms with Gasteiger partial charge in [0.15, 0.2) is 0 Å². The van der Waals surface area contributed by atoms with Gasteiger partial charge in [0.2, 0.25) is 0 Å². The molecule has 0 aliphatic carbocycles. The van der Waals surface area contributed by atoms with E-state index in [1.807, 2.05) is 0 Å². The second-order valence-corrected chi connectivity index (χ2v) is 3.80. The number of nitrogens with one attached hydrogen (secondary N) is 2. The predicted molar refractivity (Wildman–Crippen MR) is 66.9 cm³/mol. The molecule has 0 aliphatic heterocycles. The average molecular weight is 257 g/mol. The maximum atomic E-state index is 11.4. The Labute approximate surface area is 104 Å². The number of hydrogen-bond donors (Lipinski definition) is 2. The number of anilines is 1. The number of urea groups is 1. The lowest BCUT2D eigenvalue weighted by Gasteiger charge is -2.08. The summed E-state index contributed by atoms with van der Waals surface area (Å²) in [6, 6.07) is 4.47. The lowest BCUT2D eigenvalue weighted by Crippen LogP contribution is -2.29. The molecule has 0 aromatic heterocycles. The number of terminal acetylenes is 1. The predicted octanol–water partition coefficient (Wildman–Crippen LogP) is 3.14. The molecule has 2 amide bonds. The zero-order chi connectivity index (χ0) is 12.0. The largest absolute Gasteiger partial charge is 0.337 e. The molecule has 0 spiro atoms. The Morgan fingerprint density at radius 3 is 2.88 bits per heavy atom. The molecular formula is C11H10Cl2N2O. The van der Waals surface area contributed by atoms with Crippen LogP contribution in [0.1, 0.15) is 6.42 Å².